The molecule has 0 aliphatic rings. The van der Waals surface area contributed by atoms with Crippen LogP contribution in [0.3, 0.4) is 0 Å². The molecule has 0 aliphatic heterocycles. The molecule has 3 aromatic rings. The first-order chi connectivity index (χ1) is 11.6. The molecule has 0 bridgehead atoms. The lowest BCUT2D eigenvalue weighted by molar-refractivity contribution is 0.0946. The Morgan fingerprint density at radius 2 is 1.71 bits per heavy atom. The van der Waals surface area contributed by atoms with E-state index in [1.807, 2.05) is 0 Å². The van der Waals surface area contributed by atoms with Crippen LogP contribution in [0.2, 0.25) is 0 Å². The van der Waals surface area contributed by atoms with Gasteiger partial charge in [-0.25, -0.2) is 8.78 Å². The summed E-state index contributed by atoms with van der Waals surface area (Å²) in [4.78, 5) is 12.2. The number of nitrogens with one attached hydrogen (secondary N) is 3. The number of carbonyl (C=O) groups is 1. The van der Waals surface area contributed by atoms with Gasteiger partial charge in [0.25, 0.3) is 5.91 Å². The number of anilines is 2. The number of benzene rings is 2. The Labute approximate surface area is 135 Å². The number of rotatable bonds is 5. The van der Waals surface area contributed by atoms with Crippen molar-refractivity contribution in [3.8, 4) is 0 Å². The van der Waals surface area contributed by atoms with Gasteiger partial charge in [-0.1, -0.05) is 30.3 Å². The fraction of sp³-hybridized carbons (Fsp3) is 0.0625. The van der Waals surface area contributed by atoms with Crippen molar-refractivity contribution in [1.82, 2.24) is 20.7 Å². The number of hydrogen-bond acceptors (Lipinski definition) is 4. The molecule has 0 fully saturated rings. The zero-order valence-corrected chi connectivity index (χ0v) is 12.4. The Hall–Kier alpha value is -3.29. The number of hydrogen-bond donors (Lipinski definition) is 3. The average molecular weight is 329 g/mol. The summed E-state index contributed by atoms with van der Waals surface area (Å²) in [6.07, 6.45) is 0. The highest BCUT2D eigenvalue weighted by molar-refractivity contribution is 5.97. The van der Waals surface area contributed by atoms with Gasteiger partial charge in [0.2, 0.25) is 0 Å². The van der Waals surface area contributed by atoms with Gasteiger partial charge in [-0.2, -0.15) is 5.21 Å². The first kappa shape index (κ1) is 15.6. The molecule has 0 aliphatic carbocycles. The van der Waals surface area contributed by atoms with E-state index in [0.29, 0.717) is 5.56 Å². The maximum atomic E-state index is 13.7. The minimum absolute atomic E-state index is 0.00248. The highest BCUT2D eigenvalue weighted by atomic mass is 19.1. The van der Waals surface area contributed by atoms with Crippen molar-refractivity contribution in [2.75, 3.05) is 5.32 Å². The van der Waals surface area contributed by atoms with E-state index in [9.17, 15) is 13.6 Å². The molecule has 8 heteroatoms. The monoisotopic (exact) mass is 329 g/mol. The number of aromatic amines is 1. The normalized spacial score (nSPS) is 10.4. The SMILES string of the molecule is O=C(NCc1ccccc1F)c1n[nH]nc1Nc1ccccc1F. The lowest BCUT2D eigenvalue weighted by Gasteiger charge is -2.07. The molecule has 0 saturated heterocycles. The van der Waals surface area contributed by atoms with Crippen molar-refractivity contribution < 1.29 is 13.6 Å². The molecule has 6 nitrogen and oxygen atoms in total. The second-order valence-electron chi connectivity index (χ2n) is 4.90. The van der Waals surface area contributed by atoms with Crippen molar-refractivity contribution in [2.24, 2.45) is 0 Å². The quantitative estimate of drug-likeness (QED) is 0.672. The fourth-order valence-electron chi connectivity index (χ4n) is 2.07. The lowest BCUT2D eigenvalue weighted by Crippen LogP contribution is -2.24. The van der Waals surface area contributed by atoms with Gasteiger partial charge in [0.05, 0.1) is 5.69 Å². The van der Waals surface area contributed by atoms with Gasteiger partial charge >= 0.3 is 0 Å². The molecule has 2 aromatic carbocycles. The van der Waals surface area contributed by atoms with E-state index >= 15 is 0 Å². The molecular formula is C16H13F2N5O. The zero-order valence-electron chi connectivity index (χ0n) is 12.4. The van der Waals surface area contributed by atoms with Crippen LogP contribution in [0.25, 0.3) is 0 Å². The summed E-state index contributed by atoms with van der Waals surface area (Å²) >= 11 is 0. The van der Waals surface area contributed by atoms with Gasteiger partial charge in [-0.15, -0.1) is 10.2 Å². The van der Waals surface area contributed by atoms with Crippen LogP contribution in [0, 0.1) is 11.6 Å². The Morgan fingerprint density at radius 3 is 2.46 bits per heavy atom. The molecule has 122 valence electrons. The van der Waals surface area contributed by atoms with Crippen molar-refractivity contribution in [3.63, 3.8) is 0 Å². The minimum atomic E-state index is -0.564. The number of halogens is 2. The molecule has 1 amide bonds. The summed E-state index contributed by atoms with van der Waals surface area (Å²) in [7, 11) is 0. The highest BCUT2D eigenvalue weighted by Gasteiger charge is 2.17. The summed E-state index contributed by atoms with van der Waals surface area (Å²) in [5.41, 5.74) is 0.460. The number of carbonyl (C=O) groups excluding carboxylic acids is 1. The van der Waals surface area contributed by atoms with Crippen LogP contribution in [0.15, 0.2) is 48.5 Å². The van der Waals surface area contributed by atoms with Crippen molar-refractivity contribution >= 4 is 17.4 Å². The summed E-state index contributed by atoms with van der Waals surface area (Å²) in [5, 5.41) is 15.1. The molecule has 1 aromatic heterocycles. The second kappa shape index (κ2) is 6.86. The molecule has 1 heterocycles. The molecular weight excluding hydrogens is 316 g/mol. The number of aromatic nitrogens is 3. The molecule has 3 N–H and O–H groups in total. The Bertz CT molecular complexity index is 865. The van der Waals surface area contributed by atoms with Crippen molar-refractivity contribution in [3.05, 3.63) is 71.4 Å². The van der Waals surface area contributed by atoms with E-state index < -0.39 is 17.5 Å². The molecule has 0 saturated carbocycles. The second-order valence-corrected chi connectivity index (χ2v) is 4.90. The number of para-hydroxylation sites is 1. The van der Waals surface area contributed by atoms with Crippen molar-refractivity contribution in [1.29, 1.82) is 0 Å². The standard InChI is InChI=1S/C16H13F2N5O/c17-11-6-2-1-5-10(11)9-19-16(24)14-15(22-23-21-14)20-13-8-4-3-7-12(13)18/h1-8H,9H2,(H,19,24)(H2,20,21,22,23). The Balaban J connectivity index is 1.72. The first-order valence-electron chi connectivity index (χ1n) is 7.09. The first-order valence-corrected chi connectivity index (χ1v) is 7.09. The topological polar surface area (TPSA) is 82.7 Å². The van der Waals surface area contributed by atoms with E-state index in [1.165, 1.54) is 18.2 Å². The van der Waals surface area contributed by atoms with Gasteiger partial charge in [0, 0.05) is 12.1 Å². The van der Waals surface area contributed by atoms with Gasteiger partial charge in [0.15, 0.2) is 11.5 Å². The van der Waals surface area contributed by atoms with Crippen LogP contribution in [0.5, 0.6) is 0 Å². The van der Waals surface area contributed by atoms with E-state index in [4.69, 9.17) is 0 Å². The third-order valence-electron chi connectivity index (χ3n) is 3.29. The third-order valence-corrected chi connectivity index (χ3v) is 3.29. The number of amides is 1. The maximum absolute atomic E-state index is 13.7. The Morgan fingerprint density at radius 1 is 1.00 bits per heavy atom. The van der Waals surface area contributed by atoms with Gasteiger partial charge < -0.3 is 10.6 Å². The van der Waals surface area contributed by atoms with E-state index in [-0.39, 0.29) is 23.7 Å². The highest BCUT2D eigenvalue weighted by Crippen LogP contribution is 2.19. The van der Waals surface area contributed by atoms with E-state index in [2.05, 4.69) is 26.0 Å². The summed E-state index contributed by atoms with van der Waals surface area (Å²) in [6.45, 7) is -0.00248. The van der Waals surface area contributed by atoms with Crippen LogP contribution in [0.4, 0.5) is 20.3 Å². The summed E-state index contributed by atoms with van der Waals surface area (Å²) in [5.74, 6) is -1.39. The predicted molar refractivity (Wildman–Crippen MR) is 83.6 cm³/mol. The van der Waals surface area contributed by atoms with Crippen LogP contribution in [0.1, 0.15) is 16.1 Å². The summed E-state index contributed by atoms with van der Waals surface area (Å²) < 4.78 is 27.2. The summed E-state index contributed by atoms with van der Waals surface area (Å²) in [6, 6.07) is 12.1. The van der Waals surface area contributed by atoms with Crippen LogP contribution in [-0.4, -0.2) is 21.3 Å². The molecule has 0 spiro atoms. The molecule has 24 heavy (non-hydrogen) atoms. The Kier molecular flexibility index (Phi) is 4.46. The number of nitrogens with zero attached hydrogens (tertiary/aromatic N) is 2. The average Bonchev–Trinajstić information content (AvgIpc) is 3.04. The lowest BCUT2D eigenvalue weighted by atomic mass is 10.2. The van der Waals surface area contributed by atoms with Gasteiger partial charge in [-0.3, -0.25) is 4.79 Å². The molecule has 0 radical (unpaired) electrons. The largest absolute Gasteiger partial charge is 0.346 e. The smallest absolute Gasteiger partial charge is 0.275 e. The molecule has 3 rings (SSSR count). The molecule has 0 unspecified atom stereocenters. The van der Waals surface area contributed by atoms with E-state index in [1.54, 1.807) is 30.3 Å². The fourth-order valence-corrected chi connectivity index (χ4v) is 2.07. The predicted octanol–water partition coefficient (Wildman–Crippen LogP) is 2.76. The van der Waals surface area contributed by atoms with Gasteiger partial charge in [0.1, 0.15) is 11.6 Å². The third kappa shape index (κ3) is 3.37. The van der Waals surface area contributed by atoms with Crippen molar-refractivity contribution in [2.45, 2.75) is 6.54 Å². The number of H-pyrrole nitrogens is 1. The van der Waals surface area contributed by atoms with E-state index in [0.717, 1.165) is 0 Å². The van der Waals surface area contributed by atoms with Crippen LogP contribution >= 0.6 is 0 Å². The minimum Gasteiger partial charge on any atom is -0.346 e. The molecule has 0 atom stereocenters. The zero-order chi connectivity index (χ0) is 16.9. The van der Waals surface area contributed by atoms with Gasteiger partial charge in [-0.05, 0) is 18.2 Å². The maximum Gasteiger partial charge on any atom is 0.275 e. The van der Waals surface area contributed by atoms with Crippen LogP contribution in [-0.2, 0) is 6.54 Å². The van der Waals surface area contributed by atoms with Crippen LogP contribution < -0.4 is 10.6 Å².